The van der Waals surface area contributed by atoms with Gasteiger partial charge in [-0.3, -0.25) is 4.79 Å². The van der Waals surface area contributed by atoms with Gasteiger partial charge in [-0.2, -0.15) is 0 Å². The monoisotopic (exact) mass is 310 g/mol. The van der Waals surface area contributed by atoms with Crippen LogP contribution in [0, 0.1) is 0 Å². The van der Waals surface area contributed by atoms with Gasteiger partial charge in [0, 0.05) is 10.6 Å². The van der Waals surface area contributed by atoms with Crippen molar-refractivity contribution in [1.82, 2.24) is 0 Å². The first-order valence-corrected chi connectivity index (χ1v) is 6.54. The minimum Gasteiger partial charge on any atom is -0.496 e. The predicted octanol–water partition coefficient (Wildman–Crippen LogP) is 4.24. The number of carbonyl (C=O) groups is 1. The van der Waals surface area contributed by atoms with E-state index >= 15 is 0 Å². The summed E-state index contributed by atoms with van der Waals surface area (Å²) in [6.45, 7) is 0. The van der Waals surface area contributed by atoms with E-state index in [9.17, 15) is 4.79 Å². The van der Waals surface area contributed by atoms with Crippen molar-refractivity contribution in [2.75, 3.05) is 14.2 Å². The van der Waals surface area contributed by atoms with Gasteiger partial charge in [-0.05, 0) is 30.3 Å². The van der Waals surface area contributed by atoms with Crippen LogP contribution >= 0.6 is 23.2 Å². The molecule has 0 fully saturated rings. The number of ketones is 1. The summed E-state index contributed by atoms with van der Waals surface area (Å²) in [7, 11) is 2.99. The molecule has 104 valence electrons. The van der Waals surface area contributed by atoms with Crippen LogP contribution in [-0.2, 0) is 0 Å². The average molecular weight is 311 g/mol. The van der Waals surface area contributed by atoms with Crippen molar-refractivity contribution in [2.24, 2.45) is 0 Å². The number of methoxy groups -OCH3 is 2. The molecule has 20 heavy (non-hydrogen) atoms. The quantitative estimate of drug-likeness (QED) is 0.792. The number of benzene rings is 2. The van der Waals surface area contributed by atoms with E-state index in [2.05, 4.69) is 0 Å². The molecule has 0 saturated carbocycles. The molecule has 0 aliphatic heterocycles. The Kier molecular flexibility index (Phi) is 4.53. The molecule has 0 aliphatic carbocycles. The Balaban J connectivity index is 2.58. The van der Waals surface area contributed by atoms with Gasteiger partial charge in [0.15, 0.2) is 0 Å². The zero-order chi connectivity index (χ0) is 14.7. The van der Waals surface area contributed by atoms with Gasteiger partial charge in [-0.15, -0.1) is 0 Å². The highest BCUT2D eigenvalue weighted by Gasteiger charge is 2.21. The molecule has 2 aromatic carbocycles. The lowest BCUT2D eigenvalue weighted by atomic mass is 10.0. The number of hydrogen-bond donors (Lipinski definition) is 0. The van der Waals surface area contributed by atoms with Crippen molar-refractivity contribution in [3.05, 3.63) is 57.6 Å². The fourth-order valence-corrected chi connectivity index (χ4v) is 2.38. The molecule has 0 radical (unpaired) electrons. The minimum absolute atomic E-state index is 0.277. The summed E-state index contributed by atoms with van der Waals surface area (Å²) < 4.78 is 10.4. The van der Waals surface area contributed by atoms with Crippen LogP contribution in [0.25, 0.3) is 0 Å². The van der Waals surface area contributed by atoms with Crippen LogP contribution in [0.15, 0.2) is 36.4 Å². The van der Waals surface area contributed by atoms with E-state index in [0.29, 0.717) is 27.6 Å². The third-order valence-corrected chi connectivity index (χ3v) is 3.38. The molecule has 0 saturated heterocycles. The summed E-state index contributed by atoms with van der Waals surface area (Å²) >= 11 is 11.9. The van der Waals surface area contributed by atoms with Gasteiger partial charge in [0.25, 0.3) is 0 Å². The van der Waals surface area contributed by atoms with Crippen molar-refractivity contribution in [3.63, 3.8) is 0 Å². The van der Waals surface area contributed by atoms with E-state index in [4.69, 9.17) is 32.7 Å². The Morgan fingerprint density at radius 2 is 1.60 bits per heavy atom. The van der Waals surface area contributed by atoms with Crippen LogP contribution in [0.1, 0.15) is 15.9 Å². The second kappa shape index (κ2) is 6.16. The van der Waals surface area contributed by atoms with Crippen LogP contribution in [-0.4, -0.2) is 20.0 Å². The first-order valence-electron chi connectivity index (χ1n) is 5.79. The summed E-state index contributed by atoms with van der Waals surface area (Å²) in [6.07, 6.45) is 0. The molecule has 0 bridgehead atoms. The van der Waals surface area contributed by atoms with Crippen molar-refractivity contribution in [3.8, 4) is 11.5 Å². The molecule has 2 rings (SSSR count). The van der Waals surface area contributed by atoms with Crippen molar-refractivity contribution >= 4 is 29.0 Å². The van der Waals surface area contributed by atoms with E-state index in [1.54, 1.807) is 30.3 Å². The number of ether oxygens (including phenoxy) is 2. The van der Waals surface area contributed by atoms with Gasteiger partial charge < -0.3 is 9.47 Å². The van der Waals surface area contributed by atoms with Gasteiger partial charge >= 0.3 is 0 Å². The zero-order valence-electron chi connectivity index (χ0n) is 10.9. The van der Waals surface area contributed by atoms with E-state index in [1.165, 1.54) is 20.3 Å². The van der Waals surface area contributed by atoms with Gasteiger partial charge in [0.2, 0.25) is 5.78 Å². The summed E-state index contributed by atoms with van der Waals surface area (Å²) in [5, 5.41) is 0.758. The standard InChI is InChI=1S/C15H12Cl2O3/c1-19-12-4-3-5-13(20-2)14(12)15(18)10-7-6-9(16)8-11(10)17/h3-8H,1-2H3. The Bertz CT molecular complexity index is 631. The van der Waals surface area contributed by atoms with Crippen molar-refractivity contribution < 1.29 is 14.3 Å². The molecule has 0 amide bonds. The van der Waals surface area contributed by atoms with Gasteiger partial charge in [-0.25, -0.2) is 0 Å². The number of halogens is 2. The average Bonchev–Trinajstić information content (AvgIpc) is 2.45. The zero-order valence-corrected chi connectivity index (χ0v) is 12.5. The highest BCUT2D eigenvalue weighted by molar-refractivity contribution is 6.37. The topological polar surface area (TPSA) is 35.5 Å². The number of carbonyl (C=O) groups excluding carboxylic acids is 1. The third kappa shape index (κ3) is 2.74. The van der Waals surface area contributed by atoms with Crippen LogP contribution in [0.4, 0.5) is 0 Å². The molecule has 0 aromatic heterocycles. The molecular weight excluding hydrogens is 299 g/mol. The molecule has 5 heteroatoms. The summed E-state index contributed by atoms with van der Waals surface area (Å²) in [5.41, 5.74) is 0.681. The lowest BCUT2D eigenvalue weighted by Gasteiger charge is -2.12. The Morgan fingerprint density at radius 1 is 1.00 bits per heavy atom. The maximum atomic E-state index is 12.7. The summed E-state index contributed by atoms with van der Waals surface area (Å²) in [6, 6.07) is 9.86. The van der Waals surface area contributed by atoms with Crippen LogP contribution in [0.5, 0.6) is 11.5 Å². The van der Waals surface area contributed by atoms with E-state index in [-0.39, 0.29) is 10.8 Å². The summed E-state index contributed by atoms with van der Waals surface area (Å²) in [4.78, 5) is 12.7. The molecule has 0 N–H and O–H groups in total. The van der Waals surface area contributed by atoms with Crippen LogP contribution in [0.2, 0.25) is 10.0 Å². The molecule has 0 aliphatic rings. The minimum atomic E-state index is -0.277. The molecular formula is C15H12Cl2O3. The van der Waals surface area contributed by atoms with Crippen LogP contribution < -0.4 is 9.47 Å². The third-order valence-electron chi connectivity index (χ3n) is 2.83. The summed E-state index contributed by atoms with van der Waals surface area (Å²) in [5.74, 6) is 0.585. The van der Waals surface area contributed by atoms with Gasteiger partial charge in [0.1, 0.15) is 17.1 Å². The Labute approximate surface area is 127 Å². The van der Waals surface area contributed by atoms with Crippen molar-refractivity contribution in [1.29, 1.82) is 0 Å². The largest absolute Gasteiger partial charge is 0.496 e. The molecule has 0 atom stereocenters. The fraction of sp³-hybridized carbons (Fsp3) is 0.133. The normalized spacial score (nSPS) is 10.2. The second-order valence-corrected chi connectivity index (χ2v) is 4.83. The molecule has 0 spiro atoms. The molecule has 0 heterocycles. The lowest BCUT2D eigenvalue weighted by Crippen LogP contribution is -2.07. The molecule has 2 aromatic rings. The Hall–Kier alpha value is -1.71. The fourth-order valence-electron chi connectivity index (χ4n) is 1.88. The first kappa shape index (κ1) is 14.7. The second-order valence-electron chi connectivity index (χ2n) is 3.99. The predicted molar refractivity (Wildman–Crippen MR) is 79.4 cm³/mol. The highest BCUT2D eigenvalue weighted by Crippen LogP contribution is 2.33. The van der Waals surface area contributed by atoms with E-state index < -0.39 is 0 Å². The molecule has 3 nitrogen and oxygen atoms in total. The molecule has 0 unspecified atom stereocenters. The van der Waals surface area contributed by atoms with Gasteiger partial charge in [0.05, 0.1) is 19.2 Å². The van der Waals surface area contributed by atoms with E-state index in [1.807, 2.05) is 0 Å². The maximum Gasteiger partial charge on any atom is 0.202 e. The van der Waals surface area contributed by atoms with Crippen LogP contribution in [0.3, 0.4) is 0 Å². The van der Waals surface area contributed by atoms with Gasteiger partial charge in [-0.1, -0.05) is 29.3 Å². The maximum absolute atomic E-state index is 12.7. The SMILES string of the molecule is COc1cccc(OC)c1C(=O)c1ccc(Cl)cc1Cl. The number of rotatable bonds is 4. The number of hydrogen-bond acceptors (Lipinski definition) is 3. The first-order chi connectivity index (χ1) is 9.58. The Morgan fingerprint density at radius 3 is 2.10 bits per heavy atom. The smallest absolute Gasteiger partial charge is 0.202 e. The highest BCUT2D eigenvalue weighted by atomic mass is 35.5. The van der Waals surface area contributed by atoms with E-state index in [0.717, 1.165) is 0 Å². The van der Waals surface area contributed by atoms with Crippen molar-refractivity contribution in [2.45, 2.75) is 0 Å². The lowest BCUT2D eigenvalue weighted by molar-refractivity contribution is 0.103.